The summed E-state index contributed by atoms with van der Waals surface area (Å²) in [5.41, 5.74) is 2.78. The topological polar surface area (TPSA) is 108 Å². The number of hydrogen-bond donors (Lipinski definition) is 2. The molecule has 1 aromatic carbocycles. The summed E-state index contributed by atoms with van der Waals surface area (Å²) < 4.78 is 28.7. The first-order valence-corrected chi connectivity index (χ1v) is 14.1. The monoisotopic (exact) mass is 512 g/mol. The van der Waals surface area contributed by atoms with Crippen molar-refractivity contribution in [1.29, 1.82) is 0 Å². The molecule has 0 amide bonds. The van der Waals surface area contributed by atoms with E-state index in [2.05, 4.69) is 34.5 Å². The van der Waals surface area contributed by atoms with E-state index in [1.807, 2.05) is 18.3 Å². The summed E-state index contributed by atoms with van der Waals surface area (Å²) in [4.78, 5) is 12.4. The van der Waals surface area contributed by atoms with Crippen LogP contribution in [0.2, 0.25) is 0 Å². The number of rotatable bonds is 7. The number of hydrogen-bond acceptors (Lipinski definition) is 8. The number of fused-ring (bicyclic) bond motifs is 1. The van der Waals surface area contributed by atoms with E-state index in [1.165, 1.54) is 17.1 Å². The van der Waals surface area contributed by atoms with Crippen molar-refractivity contribution < 1.29 is 8.42 Å². The van der Waals surface area contributed by atoms with Crippen LogP contribution >= 0.6 is 0 Å². The lowest BCUT2D eigenvalue weighted by molar-refractivity contribution is 0.295. The molecule has 10 nitrogen and oxygen atoms in total. The van der Waals surface area contributed by atoms with Crippen LogP contribution in [0.4, 0.5) is 11.9 Å². The van der Waals surface area contributed by atoms with Crippen molar-refractivity contribution in [3.05, 3.63) is 41.6 Å². The van der Waals surface area contributed by atoms with E-state index in [1.54, 1.807) is 30.7 Å². The molecule has 2 aromatic heterocycles. The molecule has 0 saturated carbocycles. The molecule has 2 saturated heterocycles. The highest BCUT2D eigenvalue weighted by Gasteiger charge is 2.37. The normalized spacial score (nSPS) is 18.1. The van der Waals surface area contributed by atoms with Crippen molar-refractivity contribution in [2.75, 3.05) is 43.9 Å². The Bertz CT molecular complexity index is 1340. The lowest BCUT2D eigenvalue weighted by Gasteiger charge is -2.39. The van der Waals surface area contributed by atoms with Crippen LogP contribution in [0.1, 0.15) is 56.6 Å². The number of anilines is 2. The van der Waals surface area contributed by atoms with Gasteiger partial charge < -0.3 is 15.5 Å². The highest BCUT2D eigenvalue weighted by molar-refractivity contribution is 7.89. The quantitative estimate of drug-likeness (QED) is 0.498. The van der Waals surface area contributed by atoms with Gasteiger partial charge in [-0.25, -0.2) is 12.7 Å². The number of aromatic nitrogens is 4. The van der Waals surface area contributed by atoms with Gasteiger partial charge in [-0.1, -0.05) is 32.0 Å². The van der Waals surface area contributed by atoms with Gasteiger partial charge in [0.05, 0.1) is 11.1 Å². The highest BCUT2D eigenvalue weighted by Crippen LogP contribution is 2.33. The summed E-state index contributed by atoms with van der Waals surface area (Å²) in [6.45, 7) is 7.46. The van der Waals surface area contributed by atoms with Crippen LogP contribution in [0.15, 0.2) is 35.4 Å². The molecular formula is C25H36N8O2S. The van der Waals surface area contributed by atoms with Gasteiger partial charge in [0.1, 0.15) is 0 Å². The Morgan fingerprint density at radius 3 is 2.56 bits per heavy atom. The summed E-state index contributed by atoms with van der Waals surface area (Å²) in [5, 5.41) is 11.7. The second-order valence-electron chi connectivity index (χ2n) is 10.4. The van der Waals surface area contributed by atoms with Gasteiger partial charge in [0.2, 0.25) is 21.9 Å². The van der Waals surface area contributed by atoms with Gasteiger partial charge in [0.25, 0.3) is 0 Å². The summed E-state index contributed by atoms with van der Waals surface area (Å²) in [5.74, 6) is 1.50. The summed E-state index contributed by atoms with van der Waals surface area (Å²) in [6.07, 6.45) is 6.49. The number of sulfonamides is 1. The van der Waals surface area contributed by atoms with Crippen molar-refractivity contribution in [3.8, 4) is 0 Å². The highest BCUT2D eigenvalue weighted by atomic mass is 32.2. The van der Waals surface area contributed by atoms with Gasteiger partial charge in [-0.3, -0.25) is 0 Å². The number of nitrogens with zero attached hydrogens (tertiary/aromatic N) is 6. The first-order valence-electron chi connectivity index (χ1n) is 12.7. The molecular weight excluding hydrogens is 476 g/mol. The maximum absolute atomic E-state index is 12.9. The zero-order valence-corrected chi connectivity index (χ0v) is 22.3. The SMILES string of the molecule is CC(C)c1cnn2c(NCc3ccccc3S(=O)(=O)N(C)C)nc(N3CCC4(CCCN4)CC3)nc12. The molecule has 5 rings (SSSR count). The Labute approximate surface area is 213 Å². The minimum absolute atomic E-state index is 0.261. The molecule has 1 spiro atoms. The van der Waals surface area contributed by atoms with Gasteiger partial charge >= 0.3 is 0 Å². The van der Waals surface area contributed by atoms with Crippen molar-refractivity contribution in [1.82, 2.24) is 29.2 Å². The standard InChI is InChI=1S/C25H36N8O2S/c1-18(2)20-17-28-33-22(20)29-24(32-14-11-25(12-15-32)10-7-13-27-25)30-23(33)26-16-19-8-5-6-9-21(19)36(34,35)31(3)4/h5-6,8-9,17-18,27H,7,10-16H2,1-4H3,(H,26,29,30). The average molecular weight is 513 g/mol. The molecule has 2 N–H and O–H groups in total. The van der Waals surface area contributed by atoms with E-state index in [0.717, 1.165) is 43.7 Å². The van der Waals surface area contributed by atoms with Crippen molar-refractivity contribution in [3.63, 3.8) is 0 Å². The van der Waals surface area contributed by atoms with E-state index >= 15 is 0 Å². The van der Waals surface area contributed by atoms with Crippen LogP contribution < -0.4 is 15.5 Å². The van der Waals surface area contributed by atoms with E-state index < -0.39 is 10.0 Å². The summed E-state index contributed by atoms with van der Waals surface area (Å²) in [6, 6.07) is 7.05. The molecule has 2 aliphatic rings. The zero-order valence-electron chi connectivity index (χ0n) is 21.5. The molecule has 4 heterocycles. The lowest BCUT2D eigenvalue weighted by atomic mass is 9.86. The Kier molecular flexibility index (Phi) is 6.65. The van der Waals surface area contributed by atoms with Gasteiger partial charge in [0.15, 0.2) is 5.65 Å². The van der Waals surface area contributed by atoms with Gasteiger partial charge in [0, 0.05) is 44.8 Å². The Morgan fingerprint density at radius 1 is 1.14 bits per heavy atom. The number of piperidine rings is 1. The van der Waals surface area contributed by atoms with Crippen LogP contribution in [-0.2, 0) is 16.6 Å². The molecule has 11 heteroatoms. The van der Waals surface area contributed by atoms with Gasteiger partial charge in [-0.2, -0.15) is 19.6 Å². The largest absolute Gasteiger partial charge is 0.350 e. The maximum atomic E-state index is 12.9. The molecule has 0 unspecified atom stereocenters. The van der Waals surface area contributed by atoms with E-state index in [4.69, 9.17) is 9.97 Å². The maximum Gasteiger partial charge on any atom is 0.242 e. The third kappa shape index (κ3) is 4.55. The van der Waals surface area contributed by atoms with Crippen LogP contribution in [0.5, 0.6) is 0 Å². The van der Waals surface area contributed by atoms with E-state index in [0.29, 0.717) is 24.0 Å². The predicted octanol–water partition coefficient (Wildman–Crippen LogP) is 2.83. The first kappa shape index (κ1) is 24.9. The predicted molar refractivity (Wildman–Crippen MR) is 141 cm³/mol. The molecule has 36 heavy (non-hydrogen) atoms. The number of benzene rings is 1. The third-order valence-electron chi connectivity index (χ3n) is 7.51. The molecule has 2 fully saturated rings. The minimum atomic E-state index is -3.57. The summed E-state index contributed by atoms with van der Waals surface area (Å²) in [7, 11) is -0.489. The molecule has 3 aromatic rings. The second kappa shape index (κ2) is 9.60. The fourth-order valence-electron chi connectivity index (χ4n) is 5.25. The molecule has 194 valence electrons. The second-order valence-corrected chi connectivity index (χ2v) is 12.5. The molecule has 0 bridgehead atoms. The minimum Gasteiger partial charge on any atom is -0.350 e. The Balaban J connectivity index is 1.47. The van der Waals surface area contributed by atoms with Crippen LogP contribution in [0.3, 0.4) is 0 Å². The number of nitrogens with one attached hydrogen (secondary N) is 2. The Morgan fingerprint density at radius 2 is 1.89 bits per heavy atom. The van der Waals surface area contributed by atoms with Crippen LogP contribution in [0.25, 0.3) is 5.65 Å². The lowest BCUT2D eigenvalue weighted by Crippen LogP contribution is -2.50. The Hall–Kier alpha value is -2.76. The van der Waals surface area contributed by atoms with Crippen LogP contribution in [0, 0.1) is 0 Å². The fraction of sp³-hybridized carbons (Fsp3) is 0.560. The van der Waals surface area contributed by atoms with E-state index in [9.17, 15) is 8.42 Å². The molecule has 2 aliphatic heterocycles. The molecule has 0 aliphatic carbocycles. The molecule has 0 atom stereocenters. The first-order chi connectivity index (χ1) is 17.2. The zero-order chi connectivity index (χ0) is 25.5. The van der Waals surface area contributed by atoms with Crippen molar-refractivity contribution >= 4 is 27.6 Å². The summed E-state index contributed by atoms with van der Waals surface area (Å²) >= 11 is 0. The van der Waals surface area contributed by atoms with Crippen molar-refractivity contribution in [2.24, 2.45) is 0 Å². The smallest absolute Gasteiger partial charge is 0.242 e. The average Bonchev–Trinajstić information content (AvgIpc) is 3.50. The van der Waals surface area contributed by atoms with E-state index in [-0.39, 0.29) is 16.4 Å². The third-order valence-corrected chi connectivity index (χ3v) is 9.42. The molecule has 0 radical (unpaired) electrons. The fourth-order valence-corrected chi connectivity index (χ4v) is 6.36. The van der Waals surface area contributed by atoms with Crippen molar-refractivity contribution in [2.45, 2.75) is 62.4 Å². The van der Waals surface area contributed by atoms with Gasteiger partial charge in [-0.15, -0.1) is 0 Å². The van der Waals surface area contributed by atoms with Crippen LogP contribution in [-0.4, -0.2) is 71.6 Å². The van der Waals surface area contributed by atoms with Gasteiger partial charge in [-0.05, 0) is 49.8 Å².